The lowest BCUT2D eigenvalue weighted by Crippen LogP contribution is -2.50. The van der Waals surface area contributed by atoms with Gasteiger partial charge in [-0.2, -0.15) is 0 Å². The molecule has 0 radical (unpaired) electrons. The van der Waals surface area contributed by atoms with Crippen LogP contribution in [-0.2, 0) is 6.54 Å². The summed E-state index contributed by atoms with van der Waals surface area (Å²) in [6.07, 6.45) is 0.327. The van der Waals surface area contributed by atoms with Crippen LogP contribution in [0.3, 0.4) is 0 Å². The molecular formula is C20H24F2N6O2. The first-order valence-electron chi connectivity index (χ1n) is 9.30. The first kappa shape index (κ1) is 21.7. The van der Waals surface area contributed by atoms with E-state index in [4.69, 9.17) is 0 Å². The summed E-state index contributed by atoms with van der Waals surface area (Å²) in [7, 11) is 0. The quantitative estimate of drug-likeness (QED) is 0.540. The van der Waals surface area contributed by atoms with Crippen molar-refractivity contribution in [2.24, 2.45) is 0 Å². The predicted octanol–water partition coefficient (Wildman–Crippen LogP) is 3.25. The normalized spacial score (nSPS) is 14.0. The second kappa shape index (κ2) is 8.04. The molecule has 3 aromatic rings. The van der Waals surface area contributed by atoms with E-state index in [0.29, 0.717) is 17.2 Å². The molecule has 3 N–H and O–H groups in total. The van der Waals surface area contributed by atoms with Crippen molar-refractivity contribution < 1.29 is 19.0 Å². The van der Waals surface area contributed by atoms with E-state index in [-0.39, 0.29) is 17.9 Å². The Morgan fingerprint density at radius 2 is 1.83 bits per heavy atom. The minimum atomic E-state index is -2.59. The maximum absolute atomic E-state index is 12.9. The van der Waals surface area contributed by atoms with Gasteiger partial charge in [0, 0.05) is 11.8 Å². The van der Waals surface area contributed by atoms with Gasteiger partial charge in [-0.1, -0.05) is 5.21 Å². The van der Waals surface area contributed by atoms with Gasteiger partial charge in [-0.05, 0) is 57.5 Å². The van der Waals surface area contributed by atoms with Crippen LogP contribution >= 0.6 is 0 Å². The van der Waals surface area contributed by atoms with Crippen molar-refractivity contribution in [3.8, 4) is 11.4 Å². The Morgan fingerprint density at radius 1 is 1.10 bits per heavy atom. The summed E-state index contributed by atoms with van der Waals surface area (Å²) >= 11 is 0. The SMILES string of the molecule is Cc1cc(Nc2cc(C(F)F)ccn2)nc(-c2cn(C[C@](C)(O)C(C)(C)O)nn2)c1. The van der Waals surface area contributed by atoms with Gasteiger partial charge in [-0.25, -0.2) is 23.4 Å². The van der Waals surface area contributed by atoms with E-state index >= 15 is 0 Å². The third-order valence-electron chi connectivity index (χ3n) is 4.85. The van der Waals surface area contributed by atoms with Gasteiger partial charge in [-0.3, -0.25) is 0 Å². The molecule has 1 atom stereocenters. The number of alkyl halides is 2. The highest BCUT2D eigenvalue weighted by molar-refractivity contribution is 5.61. The van der Waals surface area contributed by atoms with Crippen molar-refractivity contribution in [1.29, 1.82) is 0 Å². The highest BCUT2D eigenvalue weighted by Gasteiger charge is 2.38. The third-order valence-corrected chi connectivity index (χ3v) is 4.85. The topological polar surface area (TPSA) is 109 Å². The number of halogens is 2. The van der Waals surface area contributed by atoms with Crippen LogP contribution in [0.4, 0.5) is 20.4 Å². The van der Waals surface area contributed by atoms with Gasteiger partial charge < -0.3 is 15.5 Å². The molecule has 0 amide bonds. The van der Waals surface area contributed by atoms with Crippen molar-refractivity contribution in [2.45, 2.75) is 51.9 Å². The van der Waals surface area contributed by atoms with E-state index in [0.717, 1.165) is 5.56 Å². The fourth-order valence-electron chi connectivity index (χ4n) is 2.65. The maximum Gasteiger partial charge on any atom is 0.264 e. The highest BCUT2D eigenvalue weighted by Crippen LogP contribution is 2.26. The van der Waals surface area contributed by atoms with Crippen molar-refractivity contribution >= 4 is 11.6 Å². The zero-order valence-corrected chi connectivity index (χ0v) is 17.1. The molecular weight excluding hydrogens is 394 g/mol. The summed E-state index contributed by atoms with van der Waals surface area (Å²) in [6.45, 7) is 6.44. The molecule has 0 aliphatic heterocycles. The Bertz CT molecular complexity index is 1030. The molecule has 0 saturated carbocycles. The average Bonchev–Trinajstić information content (AvgIpc) is 3.08. The average molecular weight is 418 g/mol. The fourth-order valence-corrected chi connectivity index (χ4v) is 2.65. The molecule has 0 saturated heterocycles. The lowest BCUT2D eigenvalue weighted by molar-refractivity contribution is -0.129. The Hall–Kier alpha value is -2.98. The van der Waals surface area contributed by atoms with Gasteiger partial charge in [-0.15, -0.1) is 5.10 Å². The number of nitrogens with one attached hydrogen (secondary N) is 1. The number of aromatic nitrogens is 5. The van der Waals surface area contributed by atoms with Crippen LogP contribution in [-0.4, -0.2) is 46.4 Å². The number of hydrogen-bond acceptors (Lipinski definition) is 7. The van der Waals surface area contributed by atoms with E-state index in [2.05, 4.69) is 25.6 Å². The largest absolute Gasteiger partial charge is 0.387 e. The van der Waals surface area contributed by atoms with Gasteiger partial charge in [0.25, 0.3) is 6.43 Å². The molecule has 30 heavy (non-hydrogen) atoms. The summed E-state index contributed by atoms with van der Waals surface area (Å²) in [6, 6.07) is 6.08. The van der Waals surface area contributed by atoms with Crippen LogP contribution in [0.2, 0.25) is 0 Å². The molecule has 0 spiro atoms. The summed E-state index contributed by atoms with van der Waals surface area (Å²) < 4.78 is 27.2. The summed E-state index contributed by atoms with van der Waals surface area (Å²) in [5.74, 6) is 0.670. The molecule has 160 valence electrons. The molecule has 8 nitrogen and oxygen atoms in total. The lowest BCUT2D eigenvalue weighted by atomic mass is 9.88. The highest BCUT2D eigenvalue weighted by atomic mass is 19.3. The zero-order valence-electron chi connectivity index (χ0n) is 17.1. The monoisotopic (exact) mass is 418 g/mol. The third kappa shape index (κ3) is 4.95. The number of aryl methyl sites for hydroxylation is 1. The van der Waals surface area contributed by atoms with E-state index in [1.54, 1.807) is 18.3 Å². The number of nitrogens with zero attached hydrogens (tertiary/aromatic N) is 5. The Labute approximate surface area is 172 Å². The van der Waals surface area contributed by atoms with E-state index in [1.807, 2.05) is 6.92 Å². The first-order chi connectivity index (χ1) is 13.9. The summed E-state index contributed by atoms with van der Waals surface area (Å²) in [5, 5.41) is 31.6. The molecule has 0 bridgehead atoms. The molecule has 0 fully saturated rings. The standard InChI is InChI=1S/C20H24F2N6O2/c1-12-7-14(15-10-28(27-26-15)11-20(4,30)19(2,3)29)24-17(8-12)25-16-9-13(18(21)22)5-6-23-16/h5-10,18,29-30H,11H2,1-4H3,(H,23,24,25)/t20-/m0/s1. The summed E-state index contributed by atoms with van der Waals surface area (Å²) in [5.41, 5.74) is -1.06. The minimum absolute atomic E-state index is 0.0325. The second-order valence-electron chi connectivity index (χ2n) is 7.95. The van der Waals surface area contributed by atoms with Crippen LogP contribution in [0.25, 0.3) is 11.4 Å². The number of pyridine rings is 2. The van der Waals surface area contributed by atoms with E-state index < -0.39 is 17.6 Å². The molecule has 3 aromatic heterocycles. The number of rotatable bonds is 7. The number of hydrogen-bond donors (Lipinski definition) is 3. The maximum atomic E-state index is 12.9. The van der Waals surface area contributed by atoms with Gasteiger partial charge >= 0.3 is 0 Å². The van der Waals surface area contributed by atoms with E-state index in [9.17, 15) is 19.0 Å². The molecule has 0 aromatic carbocycles. The molecule has 0 aliphatic carbocycles. The lowest BCUT2D eigenvalue weighted by Gasteiger charge is -2.35. The van der Waals surface area contributed by atoms with Gasteiger partial charge in [0.15, 0.2) is 0 Å². The van der Waals surface area contributed by atoms with Crippen LogP contribution in [0.5, 0.6) is 0 Å². The van der Waals surface area contributed by atoms with Crippen molar-refractivity contribution in [1.82, 2.24) is 25.0 Å². The number of anilines is 2. The van der Waals surface area contributed by atoms with Crippen LogP contribution in [0, 0.1) is 6.92 Å². The Balaban J connectivity index is 1.84. The van der Waals surface area contributed by atoms with Gasteiger partial charge in [0.2, 0.25) is 0 Å². The minimum Gasteiger partial charge on any atom is -0.387 e. The van der Waals surface area contributed by atoms with Gasteiger partial charge in [0.1, 0.15) is 22.9 Å². The zero-order chi connectivity index (χ0) is 22.1. The second-order valence-corrected chi connectivity index (χ2v) is 7.95. The van der Waals surface area contributed by atoms with Crippen LogP contribution in [0.15, 0.2) is 36.7 Å². The predicted molar refractivity (Wildman–Crippen MR) is 107 cm³/mol. The molecule has 3 heterocycles. The first-order valence-corrected chi connectivity index (χ1v) is 9.30. The summed E-state index contributed by atoms with van der Waals surface area (Å²) in [4.78, 5) is 8.51. The molecule has 3 rings (SSSR count). The Morgan fingerprint density at radius 3 is 2.50 bits per heavy atom. The van der Waals surface area contributed by atoms with Crippen molar-refractivity contribution in [3.63, 3.8) is 0 Å². The van der Waals surface area contributed by atoms with E-state index in [1.165, 1.54) is 43.8 Å². The Kier molecular flexibility index (Phi) is 5.82. The van der Waals surface area contributed by atoms with Gasteiger partial charge in [0.05, 0.1) is 24.0 Å². The smallest absolute Gasteiger partial charge is 0.264 e. The number of aliphatic hydroxyl groups is 2. The van der Waals surface area contributed by atoms with Crippen LogP contribution < -0.4 is 5.32 Å². The van der Waals surface area contributed by atoms with Crippen molar-refractivity contribution in [3.05, 3.63) is 47.8 Å². The molecule has 0 aliphatic rings. The van der Waals surface area contributed by atoms with Crippen LogP contribution in [0.1, 0.15) is 38.3 Å². The fraction of sp³-hybridized carbons (Fsp3) is 0.400. The van der Waals surface area contributed by atoms with Crippen molar-refractivity contribution in [2.75, 3.05) is 5.32 Å². The molecule has 10 heteroatoms. The molecule has 0 unspecified atom stereocenters.